The van der Waals surface area contributed by atoms with E-state index in [0.717, 1.165) is 12.8 Å². The summed E-state index contributed by atoms with van der Waals surface area (Å²) < 4.78 is 1.63. The molecule has 6 nitrogen and oxygen atoms in total. The van der Waals surface area contributed by atoms with Crippen molar-refractivity contribution in [2.24, 2.45) is 24.6 Å². The minimum atomic E-state index is -0.498. The van der Waals surface area contributed by atoms with E-state index in [1.165, 1.54) is 0 Å². The maximum Gasteiger partial charge on any atom is 0.257 e. The van der Waals surface area contributed by atoms with Crippen LogP contribution in [0.2, 0.25) is 0 Å². The molecule has 2 fully saturated rings. The molecule has 8 heteroatoms. The molecule has 140 valence electrons. The van der Waals surface area contributed by atoms with Gasteiger partial charge in [0.15, 0.2) is 0 Å². The molecular weight excluding hydrogens is 363 g/mol. The lowest BCUT2D eigenvalue weighted by Gasteiger charge is -2.42. The van der Waals surface area contributed by atoms with Crippen LogP contribution in [0.3, 0.4) is 0 Å². The average molecular weight is 389 g/mol. The number of carbonyl (C=O) groups is 1. The molecule has 2 heterocycles. The molecule has 5 atom stereocenters. The number of alkyl halides is 2. The highest BCUT2D eigenvalue weighted by Gasteiger charge is 2.40. The molecule has 0 radical (unpaired) electrons. The fourth-order valence-electron chi connectivity index (χ4n) is 4.08. The standard InChI is InChI=1S/C17H26Cl2N4O2/c1-22-9-11(8-21-22)17(25)23-4-2-10(3-5-23)16(20)12-6-13(18)14(19)7-15(12)24/h8-10,12-16,24H,2-7,20H2,1H3/t12?,13?,14?,15?,16-/m1/s1. The van der Waals surface area contributed by atoms with Gasteiger partial charge in [-0.05, 0) is 31.6 Å². The summed E-state index contributed by atoms with van der Waals surface area (Å²) in [4.78, 5) is 14.3. The van der Waals surface area contributed by atoms with Crippen LogP contribution in [0.25, 0.3) is 0 Å². The molecule has 1 aliphatic carbocycles. The van der Waals surface area contributed by atoms with Gasteiger partial charge in [0.05, 0.1) is 28.6 Å². The number of aryl methyl sites for hydroxylation is 1. The second-order valence-electron chi connectivity index (χ2n) is 7.34. The fourth-order valence-corrected chi connectivity index (χ4v) is 4.68. The number of amides is 1. The number of aliphatic hydroxyl groups is 1. The second-order valence-corrected chi connectivity index (χ2v) is 8.47. The Labute approximate surface area is 158 Å². The zero-order valence-corrected chi connectivity index (χ0v) is 15.9. The lowest BCUT2D eigenvalue weighted by molar-refractivity contribution is 0.0338. The van der Waals surface area contributed by atoms with E-state index in [1.807, 2.05) is 4.90 Å². The Balaban J connectivity index is 1.55. The predicted molar refractivity (Wildman–Crippen MR) is 97.8 cm³/mol. The van der Waals surface area contributed by atoms with Crippen LogP contribution in [0, 0.1) is 11.8 Å². The number of halogens is 2. The van der Waals surface area contributed by atoms with Gasteiger partial charge < -0.3 is 15.7 Å². The van der Waals surface area contributed by atoms with Crippen LogP contribution in [0.1, 0.15) is 36.0 Å². The van der Waals surface area contributed by atoms with E-state index in [1.54, 1.807) is 24.1 Å². The average Bonchev–Trinajstić information content (AvgIpc) is 3.03. The number of rotatable bonds is 3. The van der Waals surface area contributed by atoms with Crippen molar-refractivity contribution in [2.45, 2.75) is 48.6 Å². The van der Waals surface area contributed by atoms with Crippen molar-refractivity contribution in [1.82, 2.24) is 14.7 Å². The molecule has 1 aromatic heterocycles. The summed E-state index contributed by atoms with van der Waals surface area (Å²) in [5.74, 6) is 0.278. The Morgan fingerprint density at radius 3 is 2.56 bits per heavy atom. The highest BCUT2D eigenvalue weighted by atomic mass is 35.5. The van der Waals surface area contributed by atoms with E-state index in [9.17, 15) is 9.90 Å². The predicted octanol–water partition coefficient (Wildman–Crippen LogP) is 1.59. The van der Waals surface area contributed by atoms with Gasteiger partial charge in [0.1, 0.15) is 0 Å². The number of carbonyl (C=O) groups excluding carboxylic acids is 1. The Kier molecular flexibility index (Phi) is 5.93. The van der Waals surface area contributed by atoms with Gasteiger partial charge in [-0.3, -0.25) is 9.48 Å². The SMILES string of the molecule is Cn1cc(C(=O)N2CCC([C@@H](N)C3CC(Cl)C(Cl)CC3O)CC2)cn1. The normalized spacial score (nSPS) is 32.6. The van der Waals surface area contributed by atoms with Crippen molar-refractivity contribution >= 4 is 29.1 Å². The van der Waals surface area contributed by atoms with Gasteiger partial charge >= 0.3 is 0 Å². The number of hydrogen-bond donors (Lipinski definition) is 2. The zero-order chi connectivity index (χ0) is 18.1. The van der Waals surface area contributed by atoms with Gasteiger partial charge in [-0.25, -0.2) is 0 Å². The molecule has 2 aliphatic rings. The van der Waals surface area contributed by atoms with E-state index in [2.05, 4.69) is 5.10 Å². The van der Waals surface area contributed by atoms with Crippen molar-refractivity contribution in [3.05, 3.63) is 18.0 Å². The van der Waals surface area contributed by atoms with Gasteiger partial charge in [0, 0.05) is 38.3 Å². The summed E-state index contributed by atoms with van der Waals surface area (Å²) in [6.07, 6.45) is 5.66. The zero-order valence-electron chi connectivity index (χ0n) is 14.4. The number of likely N-dealkylation sites (tertiary alicyclic amines) is 1. The molecule has 0 aromatic carbocycles. The largest absolute Gasteiger partial charge is 0.393 e. The number of hydrogen-bond acceptors (Lipinski definition) is 4. The highest BCUT2D eigenvalue weighted by Crippen LogP contribution is 2.37. The first-order chi connectivity index (χ1) is 11.9. The smallest absolute Gasteiger partial charge is 0.257 e. The maximum atomic E-state index is 12.5. The molecule has 1 amide bonds. The quantitative estimate of drug-likeness (QED) is 0.769. The van der Waals surface area contributed by atoms with Gasteiger partial charge in [0.25, 0.3) is 5.91 Å². The summed E-state index contributed by atoms with van der Waals surface area (Å²) >= 11 is 12.4. The molecular formula is C17H26Cl2N4O2. The number of aromatic nitrogens is 2. The first kappa shape index (κ1) is 19.0. The lowest BCUT2D eigenvalue weighted by atomic mass is 9.74. The fraction of sp³-hybridized carbons (Fsp3) is 0.765. The van der Waals surface area contributed by atoms with Gasteiger partial charge in [-0.2, -0.15) is 5.10 Å². The highest BCUT2D eigenvalue weighted by molar-refractivity contribution is 6.30. The first-order valence-corrected chi connectivity index (χ1v) is 9.73. The number of piperidine rings is 1. The second kappa shape index (κ2) is 7.82. The summed E-state index contributed by atoms with van der Waals surface area (Å²) in [6, 6.07) is -0.115. The number of nitrogens with zero attached hydrogens (tertiary/aromatic N) is 3. The molecule has 0 bridgehead atoms. The topological polar surface area (TPSA) is 84.4 Å². The van der Waals surface area contributed by atoms with Gasteiger partial charge in [0.2, 0.25) is 0 Å². The minimum Gasteiger partial charge on any atom is -0.393 e. The molecule has 1 saturated heterocycles. The summed E-state index contributed by atoms with van der Waals surface area (Å²) in [7, 11) is 1.80. The van der Waals surface area contributed by atoms with Crippen LogP contribution >= 0.6 is 23.2 Å². The van der Waals surface area contributed by atoms with Gasteiger partial charge in [-0.1, -0.05) is 0 Å². The van der Waals surface area contributed by atoms with E-state index in [0.29, 0.717) is 31.5 Å². The van der Waals surface area contributed by atoms with E-state index in [4.69, 9.17) is 28.9 Å². The Morgan fingerprint density at radius 1 is 1.32 bits per heavy atom. The third kappa shape index (κ3) is 4.13. The third-order valence-electron chi connectivity index (χ3n) is 5.67. The van der Waals surface area contributed by atoms with Crippen LogP contribution in [-0.2, 0) is 7.05 Å². The molecule has 3 N–H and O–H groups in total. The molecule has 1 aromatic rings. The Morgan fingerprint density at radius 2 is 1.96 bits per heavy atom. The van der Waals surface area contributed by atoms with Crippen LogP contribution in [0.5, 0.6) is 0 Å². The van der Waals surface area contributed by atoms with Crippen molar-refractivity contribution in [1.29, 1.82) is 0 Å². The molecule has 1 saturated carbocycles. The number of nitrogens with two attached hydrogens (primary N) is 1. The molecule has 4 unspecified atom stereocenters. The Bertz CT molecular complexity index is 603. The molecule has 25 heavy (non-hydrogen) atoms. The summed E-state index contributed by atoms with van der Waals surface area (Å²) in [6.45, 7) is 1.36. The minimum absolute atomic E-state index is 0.0172. The molecule has 0 spiro atoms. The number of aliphatic hydroxyl groups excluding tert-OH is 1. The van der Waals surface area contributed by atoms with Gasteiger partial charge in [-0.15, -0.1) is 23.2 Å². The van der Waals surface area contributed by atoms with Crippen LogP contribution in [0.15, 0.2) is 12.4 Å². The summed E-state index contributed by atoms with van der Waals surface area (Å²) in [5.41, 5.74) is 7.10. The maximum absolute atomic E-state index is 12.5. The Hall–Kier alpha value is -0.820. The third-order valence-corrected chi connectivity index (χ3v) is 6.76. The van der Waals surface area contributed by atoms with Crippen molar-refractivity contribution < 1.29 is 9.90 Å². The van der Waals surface area contributed by atoms with Crippen molar-refractivity contribution in [3.63, 3.8) is 0 Å². The van der Waals surface area contributed by atoms with Crippen LogP contribution in [0.4, 0.5) is 0 Å². The van der Waals surface area contributed by atoms with E-state index in [-0.39, 0.29) is 34.5 Å². The summed E-state index contributed by atoms with van der Waals surface area (Å²) in [5, 5.41) is 14.1. The molecule has 1 aliphatic heterocycles. The van der Waals surface area contributed by atoms with E-state index >= 15 is 0 Å². The van der Waals surface area contributed by atoms with E-state index < -0.39 is 6.10 Å². The van der Waals surface area contributed by atoms with Crippen molar-refractivity contribution in [3.8, 4) is 0 Å². The lowest BCUT2D eigenvalue weighted by Crippen LogP contribution is -2.51. The van der Waals surface area contributed by atoms with Crippen LogP contribution in [-0.4, -0.2) is 61.7 Å². The monoisotopic (exact) mass is 388 g/mol. The van der Waals surface area contributed by atoms with Crippen molar-refractivity contribution in [2.75, 3.05) is 13.1 Å². The first-order valence-electron chi connectivity index (χ1n) is 8.86. The molecule has 3 rings (SSSR count). The van der Waals surface area contributed by atoms with Crippen LogP contribution < -0.4 is 5.73 Å².